The van der Waals surface area contributed by atoms with Crippen LogP contribution in [0.15, 0.2) is 109 Å². The Morgan fingerprint density at radius 3 is 2.32 bits per heavy atom. The summed E-state index contributed by atoms with van der Waals surface area (Å²) in [5.74, 6) is 0.455. The summed E-state index contributed by atoms with van der Waals surface area (Å²) in [5, 5.41) is 18.0. The second-order valence-electron chi connectivity index (χ2n) is 18.3. The van der Waals surface area contributed by atoms with Crippen molar-refractivity contribution >= 4 is 46.5 Å². The van der Waals surface area contributed by atoms with E-state index in [1.54, 1.807) is 29.7 Å². The average molecular weight is 889 g/mol. The number of carbonyl (C=O) groups excluding carboxylic acids is 4. The minimum absolute atomic E-state index is 0.180. The number of hydrogen-bond acceptors (Lipinski definition) is 10. The first-order valence-corrected chi connectivity index (χ1v) is 23.8. The maximum atomic E-state index is 13.6. The molecule has 4 aliphatic rings. The van der Waals surface area contributed by atoms with Gasteiger partial charge in [-0.2, -0.15) is 5.26 Å². The van der Waals surface area contributed by atoms with Crippen LogP contribution in [-0.4, -0.2) is 90.8 Å². The fourth-order valence-electron chi connectivity index (χ4n) is 9.95. The Bertz CT molecular complexity index is 2500. The third kappa shape index (κ3) is 10.7. The van der Waals surface area contributed by atoms with Crippen molar-refractivity contribution in [1.82, 2.24) is 25.4 Å². The maximum Gasteiger partial charge on any atom is 0.247 e. The average Bonchev–Trinajstić information content (AvgIpc) is 3.79. The van der Waals surface area contributed by atoms with Gasteiger partial charge in [-0.05, 0) is 123 Å². The van der Waals surface area contributed by atoms with E-state index in [4.69, 9.17) is 5.26 Å². The first kappa shape index (κ1) is 44.0. The van der Waals surface area contributed by atoms with E-state index in [1.807, 2.05) is 71.6 Å². The molecule has 0 radical (unpaired) electrons. The molecule has 0 bridgehead atoms. The Morgan fingerprint density at radius 1 is 0.877 bits per heavy atom. The number of likely N-dealkylation sites (tertiary alicyclic amines) is 2. The quantitative estimate of drug-likeness (QED) is 0.0993. The van der Waals surface area contributed by atoms with Crippen molar-refractivity contribution < 1.29 is 19.2 Å². The van der Waals surface area contributed by atoms with Gasteiger partial charge in [0, 0.05) is 78.3 Å². The summed E-state index contributed by atoms with van der Waals surface area (Å²) in [6.07, 6.45) is 8.35. The molecule has 2 atom stereocenters. The highest BCUT2D eigenvalue weighted by molar-refractivity contribution is 7.15. The molecule has 4 amide bonds. The van der Waals surface area contributed by atoms with E-state index in [-0.39, 0.29) is 29.5 Å². The number of anilines is 2. The Hall–Kier alpha value is -6.20. The first-order valence-electron chi connectivity index (χ1n) is 23.0. The summed E-state index contributed by atoms with van der Waals surface area (Å²) in [7, 11) is 0. The molecule has 4 saturated heterocycles. The van der Waals surface area contributed by atoms with E-state index in [0.29, 0.717) is 54.9 Å². The van der Waals surface area contributed by atoms with Crippen LogP contribution in [0.5, 0.6) is 0 Å². The molecular weight excluding hydrogens is 833 g/mol. The number of nitrogens with one attached hydrogen (secondary N) is 3. The third-order valence-electron chi connectivity index (χ3n) is 13.9. The molecule has 6 heterocycles. The van der Waals surface area contributed by atoms with Gasteiger partial charge in [0.15, 0.2) is 0 Å². The maximum absolute atomic E-state index is 13.6. The van der Waals surface area contributed by atoms with Crippen LogP contribution in [0.2, 0.25) is 0 Å². The van der Waals surface area contributed by atoms with Gasteiger partial charge in [0.2, 0.25) is 23.6 Å². The van der Waals surface area contributed by atoms with E-state index in [9.17, 15) is 19.2 Å². The van der Waals surface area contributed by atoms with Gasteiger partial charge < -0.3 is 25.3 Å². The van der Waals surface area contributed by atoms with Crippen LogP contribution < -0.4 is 20.9 Å². The second kappa shape index (κ2) is 19.9. The number of imide groups is 1. The number of amides is 4. The normalized spacial score (nSPS) is 19.3. The highest BCUT2D eigenvalue weighted by Crippen LogP contribution is 2.43. The molecule has 13 heteroatoms. The molecule has 4 fully saturated rings. The predicted molar refractivity (Wildman–Crippen MR) is 253 cm³/mol. The van der Waals surface area contributed by atoms with Gasteiger partial charge in [-0.1, -0.05) is 54.6 Å². The van der Waals surface area contributed by atoms with Crippen LogP contribution in [0.4, 0.5) is 11.5 Å². The van der Waals surface area contributed by atoms with Crippen molar-refractivity contribution in [3.05, 3.63) is 136 Å². The lowest BCUT2D eigenvalue weighted by atomic mass is 9.71. The van der Waals surface area contributed by atoms with Crippen LogP contribution in [-0.2, 0) is 32.0 Å². The zero-order valence-electron chi connectivity index (χ0n) is 36.7. The standard InChI is InChI=1S/C52H56N8O4S/c53-31-37-8-6-36(7-9-37)20-25-54-49(40-4-2-1-3-5-40)51(64)56-46-18-12-41(32-55-46)45-17-15-43(65-45)30-48(62)59-26-21-38(22-27-59)33-58-28-23-52(24-29-58)34-60(35-52)42-13-10-39(11-14-42)44-16-19-47(61)57-50(44)63/h1-15,17-18,32,38,44,49,54H,16,19-30,33-35H2,(H,55,56,64)(H,57,61,63). The van der Waals surface area contributed by atoms with Gasteiger partial charge in [-0.3, -0.25) is 24.5 Å². The molecule has 0 aliphatic carbocycles. The number of hydrogen-bond donors (Lipinski definition) is 3. The molecule has 9 rings (SSSR count). The van der Waals surface area contributed by atoms with E-state index in [2.05, 4.69) is 61.1 Å². The molecule has 2 aromatic heterocycles. The zero-order valence-corrected chi connectivity index (χ0v) is 37.5. The van der Waals surface area contributed by atoms with Crippen molar-refractivity contribution in [3.63, 3.8) is 0 Å². The summed E-state index contributed by atoms with van der Waals surface area (Å²) in [6.45, 7) is 7.72. The van der Waals surface area contributed by atoms with E-state index < -0.39 is 6.04 Å². The minimum atomic E-state index is -0.573. The molecule has 65 heavy (non-hydrogen) atoms. The van der Waals surface area contributed by atoms with Gasteiger partial charge in [-0.25, -0.2) is 4.98 Å². The first-order chi connectivity index (χ1) is 31.7. The van der Waals surface area contributed by atoms with Gasteiger partial charge >= 0.3 is 0 Å². The number of pyridine rings is 1. The lowest BCUT2D eigenvalue weighted by Crippen LogP contribution is -2.60. The number of thiophene rings is 1. The van der Waals surface area contributed by atoms with E-state index in [1.165, 1.54) is 18.5 Å². The highest BCUT2D eigenvalue weighted by Gasteiger charge is 2.45. The van der Waals surface area contributed by atoms with Crippen LogP contribution in [0.1, 0.15) is 77.6 Å². The van der Waals surface area contributed by atoms with Gasteiger partial charge in [-0.15, -0.1) is 11.3 Å². The molecule has 334 valence electrons. The Balaban J connectivity index is 0.689. The summed E-state index contributed by atoms with van der Waals surface area (Å²) >= 11 is 1.61. The molecule has 2 unspecified atom stereocenters. The largest absolute Gasteiger partial charge is 0.370 e. The number of benzene rings is 3. The summed E-state index contributed by atoms with van der Waals surface area (Å²) in [6, 6.07) is 34.9. The van der Waals surface area contributed by atoms with Crippen molar-refractivity contribution in [1.29, 1.82) is 5.26 Å². The number of piperidine rings is 3. The van der Waals surface area contributed by atoms with Gasteiger partial charge in [0.1, 0.15) is 11.9 Å². The lowest BCUT2D eigenvalue weighted by molar-refractivity contribution is -0.134. The monoisotopic (exact) mass is 888 g/mol. The topological polar surface area (TPSA) is 151 Å². The number of rotatable bonds is 14. The van der Waals surface area contributed by atoms with Crippen LogP contribution >= 0.6 is 11.3 Å². The fraction of sp³-hybridized carbons (Fsp3) is 0.385. The van der Waals surface area contributed by atoms with Crippen molar-refractivity contribution in [2.75, 3.05) is 62.6 Å². The van der Waals surface area contributed by atoms with Gasteiger partial charge in [0.05, 0.1) is 24.0 Å². The van der Waals surface area contributed by atoms with Crippen molar-refractivity contribution in [2.24, 2.45) is 11.3 Å². The molecule has 5 aromatic rings. The molecule has 1 spiro atoms. The van der Waals surface area contributed by atoms with Gasteiger partial charge in [0.25, 0.3) is 0 Å². The Morgan fingerprint density at radius 2 is 1.63 bits per heavy atom. The smallest absolute Gasteiger partial charge is 0.247 e. The van der Waals surface area contributed by atoms with Crippen molar-refractivity contribution in [2.45, 2.75) is 63.3 Å². The Labute approximate surface area is 385 Å². The molecule has 3 aromatic carbocycles. The zero-order chi connectivity index (χ0) is 44.8. The summed E-state index contributed by atoms with van der Waals surface area (Å²) in [5.41, 5.74) is 6.07. The number of nitrogens with zero attached hydrogens (tertiary/aromatic N) is 5. The molecule has 3 N–H and O–H groups in total. The number of aromatic nitrogens is 1. The van der Waals surface area contributed by atoms with Crippen molar-refractivity contribution in [3.8, 4) is 16.5 Å². The predicted octanol–water partition coefficient (Wildman–Crippen LogP) is 7.10. The third-order valence-corrected chi connectivity index (χ3v) is 15.0. The summed E-state index contributed by atoms with van der Waals surface area (Å²) in [4.78, 5) is 64.7. The SMILES string of the molecule is N#Cc1ccc(CCNC(C(=O)Nc2ccc(-c3ccc(CC(=O)N4CCC(CN5CCC6(CC5)CN(c5ccc(C7CCC(=O)NC7=O)cc5)C6)CC4)s3)cn2)c2ccccc2)cc1. The molecule has 0 saturated carbocycles. The lowest BCUT2D eigenvalue weighted by Gasteiger charge is -2.55. The highest BCUT2D eigenvalue weighted by atomic mass is 32.1. The Kier molecular flexibility index (Phi) is 13.5. The second-order valence-corrected chi connectivity index (χ2v) is 19.5. The van der Waals surface area contributed by atoms with Crippen LogP contribution in [0, 0.1) is 22.7 Å². The van der Waals surface area contributed by atoms with E-state index in [0.717, 1.165) is 90.7 Å². The fourth-order valence-corrected chi connectivity index (χ4v) is 10.9. The summed E-state index contributed by atoms with van der Waals surface area (Å²) < 4.78 is 0. The minimum Gasteiger partial charge on any atom is -0.370 e. The number of carbonyl (C=O) groups is 4. The van der Waals surface area contributed by atoms with Crippen LogP contribution in [0.3, 0.4) is 0 Å². The number of nitriles is 1. The van der Waals surface area contributed by atoms with Crippen LogP contribution in [0.25, 0.3) is 10.4 Å². The molecule has 4 aliphatic heterocycles. The molecule has 12 nitrogen and oxygen atoms in total. The molecular formula is C52H56N8O4S. The van der Waals surface area contributed by atoms with E-state index >= 15 is 0 Å².